The summed E-state index contributed by atoms with van der Waals surface area (Å²) in [6.45, 7) is 1.87. The van der Waals surface area contributed by atoms with Gasteiger partial charge in [0, 0.05) is 24.2 Å². The molecule has 1 N–H and O–H groups in total. The summed E-state index contributed by atoms with van der Waals surface area (Å²) in [6.07, 6.45) is 0. The summed E-state index contributed by atoms with van der Waals surface area (Å²) in [4.78, 5) is 22.2. The van der Waals surface area contributed by atoms with Crippen LogP contribution in [-0.4, -0.2) is 35.2 Å². The SMILES string of the molecule is COc1ccc(N(C)c2nc(C)nc3ccccc23)cc1Oc1ccc(C(=O)O)cc1. The predicted molar refractivity (Wildman–Crippen MR) is 119 cm³/mol. The summed E-state index contributed by atoms with van der Waals surface area (Å²) in [7, 11) is 3.50. The Labute approximate surface area is 179 Å². The van der Waals surface area contributed by atoms with Crippen molar-refractivity contribution in [2.75, 3.05) is 19.1 Å². The van der Waals surface area contributed by atoms with Gasteiger partial charge in [-0.2, -0.15) is 0 Å². The van der Waals surface area contributed by atoms with E-state index in [1.54, 1.807) is 19.2 Å². The van der Waals surface area contributed by atoms with E-state index < -0.39 is 5.97 Å². The normalized spacial score (nSPS) is 10.7. The van der Waals surface area contributed by atoms with Crippen molar-refractivity contribution in [3.05, 3.63) is 78.1 Å². The van der Waals surface area contributed by atoms with Crippen LogP contribution in [0.5, 0.6) is 17.2 Å². The molecule has 4 rings (SSSR count). The van der Waals surface area contributed by atoms with Crippen LogP contribution in [0.15, 0.2) is 66.7 Å². The largest absolute Gasteiger partial charge is 0.493 e. The van der Waals surface area contributed by atoms with Gasteiger partial charge >= 0.3 is 5.97 Å². The second-order valence-corrected chi connectivity index (χ2v) is 6.94. The number of fused-ring (bicyclic) bond motifs is 1. The van der Waals surface area contributed by atoms with Gasteiger partial charge in [0.1, 0.15) is 17.4 Å². The molecular weight excluding hydrogens is 394 g/mol. The van der Waals surface area contributed by atoms with Crippen molar-refractivity contribution >= 4 is 28.4 Å². The number of hydrogen-bond donors (Lipinski definition) is 1. The van der Waals surface area contributed by atoms with Crippen LogP contribution in [-0.2, 0) is 0 Å². The van der Waals surface area contributed by atoms with Crippen molar-refractivity contribution < 1.29 is 19.4 Å². The first-order valence-corrected chi connectivity index (χ1v) is 9.62. The Kier molecular flexibility index (Phi) is 5.41. The summed E-state index contributed by atoms with van der Waals surface area (Å²) in [5.74, 6) is 2.05. The summed E-state index contributed by atoms with van der Waals surface area (Å²) in [5, 5.41) is 10.0. The summed E-state index contributed by atoms with van der Waals surface area (Å²) in [6, 6.07) is 19.7. The fraction of sp³-hybridized carbons (Fsp3) is 0.125. The lowest BCUT2D eigenvalue weighted by Crippen LogP contribution is -2.13. The minimum Gasteiger partial charge on any atom is -0.493 e. The Morgan fingerprint density at radius 2 is 1.71 bits per heavy atom. The summed E-state index contributed by atoms with van der Waals surface area (Å²) in [5.41, 5.74) is 1.92. The molecule has 156 valence electrons. The number of benzene rings is 3. The molecule has 0 aliphatic rings. The average Bonchev–Trinajstić information content (AvgIpc) is 2.78. The third-order valence-corrected chi connectivity index (χ3v) is 4.88. The molecule has 0 saturated heterocycles. The molecule has 0 amide bonds. The van der Waals surface area contributed by atoms with Crippen LogP contribution in [0, 0.1) is 6.92 Å². The van der Waals surface area contributed by atoms with Crippen LogP contribution < -0.4 is 14.4 Å². The van der Waals surface area contributed by atoms with E-state index in [4.69, 9.17) is 14.6 Å². The second-order valence-electron chi connectivity index (χ2n) is 6.94. The number of carboxylic acid groups (broad SMARTS) is 1. The fourth-order valence-corrected chi connectivity index (χ4v) is 3.30. The Hall–Kier alpha value is -4.13. The third-order valence-electron chi connectivity index (χ3n) is 4.88. The lowest BCUT2D eigenvalue weighted by Gasteiger charge is -2.22. The molecule has 0 bridgehead atoms. The van der Waals surface area contributed by atoms with E-state index in [0.29, 0.717) is 23.1 Å². The van der Waals surface area contributed by atoms with E-state index in [2.05, 4.69) is 9.97 Å². The molecule has 0 aliphatic heterocycles. The zero-order valence-electron chi connectivity index (χ0n) is 17.4. The molecule has 0 spiro atoms. The fourth-order valence-electron chi connectivity index (χ4n) is 3.30. The van der Waals surface area contributed by atoms with Crippen molar-refractivity contribution in [1.82, 2.24) is 9.97 Å². The van der Waals surface area contributed by atoms with Crippen molar-refractivity contribution in [2.45, 2.75) is 6.92 Å². The van der Waals surface area contributed by atoms with Gasteiger partial charge in [0.05, 0.1) is 18.2 Å². The smallest absolute Gasteiger partial charge is 0.335 e. The van der Waals surface area contributed by atoms with Crippen molar-refractivity contribution in [3.63, 3.8) is 0 Å². The highest BCUT2D eigenvalue weighted by atomic mass is 16.5. The topological polar surface area (TPSA) is 84.8 Å². The predicted octanol–water partition coefficient (Wildman–Crippen LogP) is 5.21. The van der Waals surface area contributed by atoms with Crippen molar-refractivity contribution in [2.24, 2.45) is 0 Å². The van der Waals surface area contributed by atoms with Gasteiger partial charge in [-0.05, 0) is 55.5 Å². The number of rotatable bonds is 6. The van der Waals surface area contributed by atoms with Crippen LogP contribution in [0.1, 0.15) is 16.2 Å². The maximum Gasteiger partial charge on any atom is 0.335 e. The van der Waals surface area contributed by atoms with Crippen LogP contribution in [0.2, 0.25) is 0 Å². The lowest BCUT2D eigenvalue weighted by molar-refractivity contribution is 0.0697. The molecule has 1 aromatic heterocycles. The number of aromatic carboxylic acids is 1. The second kappa shape index (κ2) is 8.31. The molecule has 0 radical (unpaired) electrons. The van der Waals surface area contributed by atoms with Gasteiger partial charge in [-0.3, -0.25) is 0 Å². The highest BCUT2D eigenvalue weighted by molar-refractivity contribution is 5.91. The standard InChI is InChI=1S/C24H21N3O4/c1-15-25-20-7-5-4-6-19(20)23(26-15)27(2)17-10-13-21(30-3)22(14-17)31-18-11-8-16(9-12-18)24(28)29/h4-14H,1-3H3,(H,28,29). The quantitative estimate of drug-likeness (QED) is 0.463. The number of carboxylic acids is 1. The Morgan fingerprint density at radius 1 is 0.968 bits per heavy atom. The van der Waals surface area contributed by atoms with Crippen LogP contribution >= 0.6 is 0 Å². The van der Waals surface area contributed by atoms with E-state index >= 15 is 0 Å². The summed E-state index contributed by atoms with van der Waals surface area (Å²) >= 11 is 0. The van der Waals surface area contributed by atoms with Crippen LogP contribution in [0.25, 0.3) is 10.9 Å². The molecule has 0 atom stereocenters. The van der Waals surface area contributed by atoms with Gasteiger partial charge < -0.3 is 19.5 Å². The zero-order chi connectivity index (χ0) is 22.0. The molecule has 3 aromatic carbocycles. The van der Waals surface area contributed by atoms with Crippen LogP contribution in [0.4, 0.5) is 11.5 Å². The minimum absolute atomic E-state index is 0.193. The number of hydrogen-bond acceptors (Lipinski definition) is 6. The number of methoxy groups -OCH3 is 1. The highest BCUT2D eigenvalue weighted by Crippen LogP contribution is 2.37. The molecule has 7 nitrogen and oxygen atoms in total. The molecule has 7 heteroatoms. The third kappa shape index (κ3) is 4.11. The maximum atomic E-state index is 11.1. The molecule has 0 unspecified atom stereocenters. The van der Waals surface area contributed by atoms with Crippen molar-refractivity contribution in [3.8, 4) is 17.2 Å². The van der Waals surface area contributed by atoms with Gasteiger partial charge in [0.25, 0.3) is 0 Å². The minimum atomic E-state index is -0.986. The van der Waals surface area contributed by atoms with E-state index in [1.807, 2.05) is 61.3 Å². The van der Waals surface area contributed by atoms with E-state index in [9.17, 15) is 4.79 Å². The van der Waals surface area contributed by atoms with Crippen molar-refractivity contribution in [1.29, 1.82) is 0 Å². The Balaban J connectivity index is 1.71. The number of aromatic nitrogens is 2. The first-order chi connectivity index (χ1) is 15.0. The first kappa shape index (κ1) is 20.2. The van der Waals surface area contributed by atoms with E-state index in [-0.39, 0.29) is 5.56 Å². The number of nitrogens with zero attached hydrogens (tertiary/aromatic N) is 3. The molecule has 0 fully saturated rings. The molecule has 4 aromatic rings. The number of carbonyl (C=O) groups is 1. The number of aryl methyl sites for hydroxylation is 1. The van der Waals surface area contributed by atoms with Gasteiger partial charge in [-0.1, -0.05) is 12.1 Å². The van der Waals surface area contributed by atoms with E-state index in [1.165, 1.54) is 12.1 Å². The molecular formula is C24H21N3O4. The van der Waals surface area contributed by atoms with Gasteiger partial charge in [-0.25, -0.2) is 14.8 Å². The Morgan fingerprint density at radius 3 is 2.42 bits per heavy atom. The zero-order valence-corrected chi connectivity index (χ0v) is 17.4. The lowest BCUT2D eigenvalue weighted by atomic mass is 10.2. The number of anilines is 2. The monoisotopic (exact) mass is 415 g/mol. The van der Waals surface area contributed by atoms with Gasteiger partial charge in [0.2, 0.25) is 0 Å². The van der Waals surface area contributed by atoms with Gasteiger partial charge in [-0.15, -0.1) is 0 Å². The van der Waals surface area contributed by atoms with Crippen LogP contribution in [0.3, 0.4) is 0 Å². The average molecular weight is 415 g/mol. The molecule has 0 saturated carbocycles. The molecule has 0 aliphatic carbocycles. The van der Waals surface area contributed by atoms with Gasteiger partial charge in [0.15, 0.2) is 11.5 Å². The van der Waals surface area contributed by atoms with E-state index in [0.717, 1.165) is 22.4 Å². The first-order valence-electron chi connectivity index (χ1n) is 9.62. The Bertz CT molecular complexity index is 1260. The highest BCUT2D eigenvalue weighted by Gasteiger charge is 2.15. The molecule has 31 heavy (non-hydrogen) atoms. The number of para-hydroxylation sites is 1. The molecule has 1 heterocycles. The summed E-state index contributed by atoms with van der Waals surface area (Å²) < 4.78 is 11.4. The maximum absolute atomic E-state index is 11.1. The number of ether oxygens (including phenoxy) is 2.